The molecule has 0 N–H and O–H groups in total. The second-order valence-corrected chi connectivity index (χ2v) is 5.53. The number of benzene rings is 1. The zero-order valence-electron chi connectivity index (χ0n) is 11.8. The van der Waals surface area contributed by atoms with Gasteiger partial charge in [0.1, 0.15) is 0 Å². The fourth-order valence-corrected chi connectivity index (χ4v) is 2.79. The number of hydrogen-bond acceptors (Lipinski definition) is 2. The molecule has 3 nitrogen and oxygen atoms in total. The van der Waals surface area contributed by atoms with Crippen molar-refractivity contribution in [3.8, 4) is 11.3 Å². The number of nitrogens with zero attached hydrogens (tertiary/aromatic N) is 3. The van der Waals surface area contributed by atoms with Crippen molar-refractivity contribution >= 4 is 17.0 Å². The van der Waals surface area contributed by atoms with Crippen molar-refractivity contribution in [1.29, 1.82) is 0 Å². The Bertz CT molecular complexity index is 894. The van der Waals surface area contributed by atoms with Gasteiger partial charge in [0.2, 0.25) is 0 Å². The van der Waals surface area contributed by atoms with E-state index in [-0.39, 0.29) is 0 Å². The molecule has 1 fully saturated rings. The Morgan fingerprint density at radius 3 is 2.64 bits per heavy atom. The summed E-state index contributed by atoms with van der Waals surface area (Å²) in [5.41, 5.74) is 3.16. The molecule has 1 aliphatic carbocycles. The Kier molecular flexibility index (Phi) is 2.82. The second kappa shape index (κ2) is 4.73. The summed E-state index contributed by atoms with van der Waals surface area (Å²) in [6.07, 6.45) is 5.37. The van der Waals surface area contributed by atoms with E-state index in [0.717, 1.165) is 24.1 Å². The number of hydrogen-bond donors (Lipinski definition) is 0. The van der Waals surface area contributed by atoms with E-state index in [1.165, 1.54) is 12.1 Å². The molecule has 22 heavy (non-hydrogen) atoms. The zero-order valence-corrected chi connectivity index (χ0v) is 11.8. The van der Waals surface area contributed by atoms with Crippen LogP contribution in [0.3, 0.4) is 0 Å². The minimum absolute atomic E-state index is 0.331. The topological polar surface area (TPSA) is 30.7 Å². The van der Waals surface area contributed by atoms with Crippen molar-refractivity contribution in [3.05, 3.63) is 54.4 Å². The van der Waals surface area contributed by atoms with E-state index in [2.05, 4.69) is 21.3 Å². The van der Waals surface area contributed by atoms with E-state index < -0.39 is 11.6 Å². The average Bonchev–Trinajstić information content (AvgIpc) is 3.30. The smallest absolute Gasteiger partial charge is 0.160 e. The monoisotopic (exact) mass is 297 g/mol. The van der Waals surface area contributed by atoms with Crippen molar-refractivity contribution in [3.63, 3.8) is 0 Å². The highest BCUT2D eigenvalue weighted by atomic mass is 19.2. The molecule has 0 atom stereocenters. The molecule has 1 saturated carbocycles. The summed E-state index contributed by atoms with van der Waals surface area (Å²) in [6, 6.07) is 6.60. The highest BCUT2D eigenvalue weighted by Gasteiger charge is 2.28. The van der Waals surface area contributed by atoms with E-state index in [9.17, 15) is 8.78 Å². The third-order valence-corrected chi connectivity index (χ3v) is 3.97. The molecule has 2 aromatic heterocycles. The first-order valence-electron chi connectivity index (χ1n) is 7.13. The maximum atomic E-state index is 13.6. The predicted octanol–water partition coefficient (Wildman–Crippen LogP) is 4.35. The Hall–Kier alpha value is -2.56. The fraction of sp³-hybridized carbons (Fsp3) is 0.176. The van der Waals surface area contributed by atoms with Crippen molar-refractivity contribution in [2.75, 3.05) is 0 Å². The Balaban J connectivity index is 2.00. The van der Waals surface area contributed by atoms with E-state index >= 15 is 0 Å². The van der Waals surface area contributed by atoms with Crippen LogP contribution in [-0.2, 0) is 0 Å². The quantitative estimate of drug-likeness (QED) is 0.719. The number of halogens is 2. The van der Waals surface area contributed by atoms with Gasteiger partial charge in [0, 0.05) is 23.1 Å². The third kappa shape index (κ3) is 2.01. The van der Waals surface area contributed by atoms with Crippen LogP contribution >= 0.6 is 0 Å². The molecule has 0 bridgehead atoms. The normalized spacial score (nSPS) is 14.5. The summed E-state index contributed by atoms with van der Waals surface area (Å²) in [6.45, 7) is 3.69. The van der Waals surface area contributed by atoms with Crippen molar-refractivity contribution < 1.29 is 8.78 Å². The summed E-state index contributed by atoms with van der Waals surface area (Å²) >= 11 is 0. The van der Waals surface area contributed by atoms with Gasteiger partial charge in [-0.3, -0.25) is 0 Å². The van der Waals surface area contributed by atoms with Crippen LogP contribution < -0.4 is 0 Å². The van der Waals surface area contributed by atoms with Gasteiger partial charge in [0.25, 0.3) is 0 Å². The van der Waals surface area contributed by atoms with Crippen LogP contribution in [0.25, 0.3) is 28.2 Å². The van der Waals surface area contributed by atoms with Crippen LogP contribution in [0, 0.1) is 11.6 Å². The third-order valence-electron chi connectivity index (χ3n) is 3.97. The standard InChI is InChI=1S/C17H13F2N3/c1-2-12-5-11(9-20-21-12)16-7-10-6-14(18)15(19)8-17(10)22(16)13-3-4-13/h2,5-9,13H,1,3-4H2. The Morgan fingerprint density at radius 2 is 1.91 bits per heavy atom. The van der Waals surface area contributed by atoms with Crippen LogP contribution in [0.1, 0.15) is 24.6 Å². The zero-order chi connectivity index (χ0) is 15.3. The van der Waals surface area contributed by atoms with Gasteiger partial charge in [-0.25, -0.2) is 8.78 Å². The van der Waals surface area contributed by atoms with Crippen LogP contribution in [0.5, 0.6) is 0 Å². The summed E-state index contributed by atoms with van der Waals surface area (Å²) in [5, 5.41) is 8.63. The number of aromatic nitrogens is 3. The molecule has 1 aliphatic rings. The van der Waals surface area contributed by atoms with Crippen LogP contribution in [-0.4, -0.2) is 14.8 Å². The minimum Gasteiger partial charge on any atom is -0.337 e. The first-order valence-corrected chi connectivity index (χ1v) is 7.13. The van der Waals surface area contributed by atoms with Crippen LogP contribution in [0.4, 0.5) is 8.78 Å². The molecule has 1 aromatic carbocycles. The van der Waals surface area contributed by atoms with Crippen molar-refractivity contribution in [2.45, 2.75) is 18.9 Å². The van der Waals surface area contributed by atoms with Gasteiger partial charge in [-0.15, -0.1) is 0 Å². The number of rotatable bonds is 3. The van der Waals surface area contributed by atoms with E-state index in [4.69, 9.17) is 0 Å². The molecule has 4 rings (SSSR count). The lowest BCUT2D eigenvalue weighted by molar-refractivity contribution is 0.510. The van der Waals surface area contributed by atoms with Gasteiger partial charge in [-0.2, -0.15) is 10.2 Å². The SMILES string of the molecule is C=Cc1cc(-c2cc3cc(F)c(F)cc3n2C2CC2)cnn1. The summed E-state index contributed by atoms with van der Waals surface area (Å²) in [4.78, 5) is 0. The molecular weight excluding hydrogens is 284 g/mol. The molecule has 0 saturated heterocycles. The van der Waals surface area contributed by atoms with Gasteiger partial charge in [-0.05, 0) is 37.1 Å². The van der Waals surface area contributed by atoms with Crippen molar-refractivity contribution in [1.82, 2.24) is 14.8 Å². The highest BCUT2D eigenvalue weighted by molar-refractivity contribution is 5.87. The molecule has 110 valence electrons. The van der Waals surface area contributed by atoms with E-state index in [1.807, 2.05) is 12.1 Å². The largest absolute Gasteiger partial charge is 0.337 e. The van der Waals surface area contributed by atoms with Gasteiger partial charge in [0.05, 0.1) is 23.1 Å². The number of fused-ring (bicyclic) bond motifs is 1. The minimum atomic E-state index is -0.827. The summed E-state index contributed by atoms with van der Waals surface area (Å²) in [7, 11) is 0. The summed E-state index contributed by atoms with van der Waals surface area (Å²) < 4.78 is 29.2. The molecule has 0 aliphatic heterocycles. The van der Waals surface area contributed by atoms with Gasteiger partial charge < -0.3 is 4.57 Å². The second-order valence-electron chi connectivity index (χ2n) is 5.53. The molecule has 0 amide bonds. The maximum Gasteiger partial charge on any atom is 0.160 e. The molecule has 0 radical (unpaired) electrons. The maximum absolute atomic E-state index is 13.6. The van der Waals surface area contributed by atoms with Crippen LogP contribution in [0.15, 0.2) is 37.0 Å². The molecule has 3 aromatic rings. The molecule has 0 spiro atoms. The molecule has 2 heterocycles. The first-order chi connectivity index (χ1) is 10.7. The molecule has 0 unspecified atom stereocenters. The lowest BCUT2D eigenvalue weighted by Gasteiger charge is -2.09. The van der Waals surface area contributed by atoms with Gasteiger partial charge in [0.15, 0.2) is 11.6 Å². The van der Waals surface area contributed by atoms with E-state index in [0.29, 0.717) is 22.6 Å². The van der Waals surface area contributed by atoms with Gasteiger partial charge >= 0.3 is 0 Å². The molecular formula is C17H13F2N3. The fourth-order valence-electron chi connectivity index (χ4n) is 2.79. The highest BCUT2D eigenvalue weighted by Crippen LogP contribution is 2.42. The van der Waals surface area contributed by atoms with Crippen molar-refractivity contribution in [2.24, 2.45) is 0 Å². The first kappa shape index (κ1) is 13.1. The lowest BCUT2D eigenvalue weighted by Crippen LogP contribution is -1.98. The Labute approximate surface area is 125 Å². The molecule has 5 heteroatoms. The van der Waals surface area contributed by atoms with Crippen LogP contribution in [0.2, 0.25) is 0 Å². The lowest BCUT2D eigenvalue weighted by atomic mass is 10.2. The van der Waals surface area contributed by atoms with Gasteiger partial charge in [-0.1, -0.05) is 6.58 Å². The Morgan fingerprint density at radius 1 is 1.14 bits per heavy atom. The van der Waals surface area contributed by atoms with E-state index in [1.54, 1.807) is 12.3 Å². The average molecular weight is 297 g/mol. The predicted molar refractivity (Wildman–Crippen MR) is 81.2 cm³/mol. The summed E-state index contributed by atoms with van der Waals surface area (Å²) in [5.74, 6) is -1.65.